The van der Waals surface area contributed by atoms with Crippen LogP contribution in [0.4, 0.5) is 26.3 Å². The number of rotatable bonds is 5. The minimum Gasteiger partial charge on any atom is -0.393 e. The Morgan fingerprint density at radius 2 is 1.52 bits per heavy atom. The molecular weight excluding hydrogens is 374 g/mol. The standard InChI is InChI=1S/C19H28F6O2/c1-15-7-2-4-13(26)12(15)5-6-14(15)16(10-11-16)8-3-9-17(27,18(20,21)22)19(23,24)25/h12-14,26-27H,2-11H2,1H3/t12?,13-,14-,15?/m0/s1. The Bertz CT molecular complexity index is 539. The highest BCUT2D eigenvalue weighted by atomic mass is 19.4. The molecule has 3 saturated carbocycles. The largest absolute Gasteiger partial charge is 0.426 e. The first-order chi connectivity index (χ1) is 12.3. The Morgan fingerprint density at radius 3 is 2.04 bits per heavy atom. The van der Waals surface area contributed by atoms with Gasteiger partial charge in [-0.25, -0.2) is 0 Å². The van der Waals surface area contributed by atoms with Crippen LogP contribution in [-0.4, -0.2) is 34.3 Å². The van der Waals surface area contributed by atoms with E-state index < -0.39 is 24.4 Å². The maximum absolute atomic E-state index is 12.9. The summed E-state index contributed by atoms with van der Waals surface area (Å²) in [6.45, 7) is 2.14. The highest BCUT2D eigenvalue weighted by Crippen LogP contribution is 2.69. The van der Waals surface area contributed by atoms with Crippen LogP contribution in [0.2, 0.25) is 0 Å². The predicted octanol–water partition coefficient (Wildman–Crippen LogP) is 5.37. The fourth-order valence-corrected chi connectivity index (χ4v) is 6.23. The van der Waals surface area contributed by atoms with Crippen molar-refractivity contribution in [1.82, 2.24) is 0 Å². The van der Waals surface area contributed by atoms with Gasteiger partial charge in [-0.05, 0) is 80.5 Å². The van der Waals surface area contributed by atoms with Crippen LogP contribution in [0.3, 0.4) is 0 Å². The van der Waals surface area contributed by atoms with Crippen LogP contribution in [0.5, 0.6) is 0 Å². The lowest BCUT2D eigenvalue weighted by Gasteiger charge is -2.46. The van der Waals surface area contributed by atoms with Crippen molar-refractivity contribution in [2.75, 3.05) is 0 Å². The van der Waals surface area contributed by atoms with Gasteiger partial charge in [-0.3, -0.25) is 0 Å². The molecule has 4 atom stereocenters. The number of fused-ring (bicyclic) bond motifs is 1. The van der Waals surface area contributed by atoms with Gasteiger partial charge in [0.25, 0.3) is 5.60 Å². The summed E-state index contributed by atoms with van der Waals surface area (Å²) < 4.78 is 77.2. The van der Waals surface area contributed by atoms with Crippen LogP contribution >= 0.6 is 0 Å². The number of alkyl halides is 6. The summed E-state index contributed by atoms with van der Waals surface area (Å²) in [6.07, 6.45) is -7.22. The van der Waals surface area contributed by atoms with Gasteiger partial charge < -0.3 is 10.2 Å². The zero-order chi connectivity index (χ0) is 20.3. The molecule has 0 aromatic carbocycles. The van der Waals surface area contributed by atoms with Crippen LogP contribution in [0.15, 0.2) is 0 Å². The molecule has 27 heavy (non-hydrogen) atoms. The van der Waals surface area contributed by atoms with Crippen molar-refractivity contribution in [1.29, 1.82) is 0 Å². The zero-order valence-corrected chi connectivity index (χ0v) is 15.5. The number of hydrogen-bond donors (Lipinski definition) is 2. The quantitative estimate of drug-likeness (QED) is 0.607. The van der Waals surface area contributed by atoms with Crippen molar-refractivity contribution < 1.29 is 36.6 Å². The van der Waals surface area contributed by atoms with Gasteiger partial charge in [0.15, 0.2) is 0 Å². The summed E-state index contributed by atoms with van der Waals surface area (Å²) in [5.74, 6) is 0.408. The van der Waals surface area contributed by atoms with E-state index in [2.05, 4.69) is 6.92 Å². The predicted molar refractivity (Wildman–Crippen MR) is 86.8 cm³/mol. The lowest BCUT2D eigenvalue weighted by Crippen LogP contribution is -2.56. The van der Waals surface area contributed by atoms with Crippen LogP contribution in [0, 0.1) is 22.7 Å². The molecule has 2 unspecified atom stereocenters. The Hall–Kier alpha value is -0.500. The Kier molecular flexibility index (Phi) is 5.11. The molecule has 0 aliphatic heterocycles. The molecule has 0 aromatic heterocycles. The molecule has 3 fully saturated rings. The first-order valence-electron chi connectivity index (χ1n) is 9.81. The van der Waals surface area contributed by atoms with E-state index in [0.29, 0.717) is 0 Å². The normalized spacial score (nSPS) is 36.6. The average molecular weight is 402 g/mol. The molecule has 8 heteroatoms. The van der Waals surface area contributed by atoms with Crippen LogP contribution in [0.1, 0.15) is 71.1 Å². The van der Waals surface area contributed by atoms with Gasteiger partial charge in [-0.1, -0.05) is 13.3 Å². The van der Waals surface area contributed by atoms with Gasteiger partial charge in [0.2, 0.25) is 0 Å². The molecule has 0 amide bonds. The van der Waals surface area contributed by atoms with E-state index in [1.54, 1.807) is 0 Å². The molecular formula is C19H28F6O2. The van der Waals surface area contributed by atoms with Gasteiger partial charge in [-0.2, -0.15) is 26.3 Å². The lowest BCUT2D eigenvalue weighted by atomic mass is 9.60. The Labute approximate surface area is 155 Å². The summed E-state index contributed by atoms with van der Waals surface area (Å²) in [5, 5.41) is 19.7. The zero-order valence-electron chi connectivity index (χ0n) is 15.5. The van der Waals surface area contributed by atoms with Crippen molar-refractivity contribution in [3.05, 3.63) is 0 Å². The number of aliphatic hydroxyl groups is 2. The van der Waals surface area contributed by atoms with Crippen molar-refractivity contribution >= 4 is 0 Å². The second-order valence-electron chi connectivity index (χ2n) is 9.27. The van der Waals surface area contributed by atoms with Crippen molar-refractivity contribution in [2.45, 2.75) is 95.2 Å². The summed E-state index contributed by atoms with van der Waals surface area (Å²) in [6, 6.07) is 0. The van der Waals surface area contributed by atoms with E-state index in [-0.39, 0.29) is 41.6 Å². The van der Waals surface area contributed by atoms with E-state index in [9.17, 15) is 36.6 Å². The molecule has 2 N–H and O–H groups in total. The smallest absolute Gasteiger partial charge is 0.393 e. The number of hydrogen-bond acceptors (Lipinski definition) is 2. The lowest BCUT2D eigenvalue weighted by molar-refractivity contribution is -0.370. The third kappa shape index (κ3) is 3.38. The van der Waals surface area contributed by atoms with Gasteiger partial charge in [0, 0.05) is 0 Å². The van der Waals surface area contributed by atoms with E-state index in [1.807, 2.05) is 0 Å². The van der Waals surface area contributed by atoms with Crippen LogP contribution in [0.25, 0.3) is 0 Å². The molecule has 158 valence electrons. The molecule has 0 saturated heterocycles. The summed E-state index contributed by atoms with van der Waals surface area (Å²) >= 11 is 0. The SMILES string of the molecule is CC12CCC[C@H](O)C1CC[C@@H]2C1(CCCC(O)(C(F)(F)F)C(F)(F)F)CC1. The minimum atomic E-state index is -5.74. The maximum atomic E-state index is 12.9. The average Bonchev–Trinajstić information content (AvgIpc) is 3.19. The number of aliphatic hydroxyl groups excluding tert-OH is 1. The Morgan fingerprint density at radius 1 is 0.926 bits per heavy atom. The molecule has 2 nitrogen and oxygen atoms in total. The highest BCUT2D eigenvalue weighted by Gasteiger charge is 2.70. The summed E-state index contributed by atoms with van der Waals surface area (Å²) in [5.41, 5.74) is -4.95. The molecule has 3 aliphatic rings. The highest BCUT2D eigenvalue weighted by molar-refractivity contribution is 5.11. The third-order valence-corrected chi connectivity index (χ3v) is 7.87. The maximum Gasteiger partial charge on any atom is 0.426 e. The summed E-state index contributed by atoms with van der Waals surface area (Å²) in [7, 11) is 0. The van der Waals surface area contributed by atoms with E-state index in [0.717, 1.165) is 44.9 Å². The fraction of sp³-hybridized carbons (Fsp3) is 1.00. The molecule has 3 aliphatic carbocycles. The fourth-order valence-electron chi connectivity index (χ4n) is 6.23. The third-order valence-electron chi connectivity index (χ3n) is 7.87. The molecule has 0 aromatic rings. The van der Waals surface area contributed by atoms with Gasteiger partial charge in [0.1, 0.15) is 0 Å². The molecule has 0 bridgehead atoms. The first kappa shape index (κ1) is 21.2. The van der Waals surface area contributed by atoms with Crippen LogP contribution in [-0.2, 0) is 0 Å². The minimum absolute atomic E-state index is 0.0848. The second kappa shape index (κ2) is 6.51. The van der Waals surface area contributed by atoms with Crippen molar-refractivity contribution in [3.8, 4) is 0 Å². The van der Waals surface area contributed by atoms with Gasteiger partial charge in [0.05, 0.1) is 6.10 Å². The van der Waals surface area contributed by atoms with Gasteiger partial charge in [-0.15, -0.1) is 0 Å². The van der Waals surface area contributed by atoms with Crippen molar-refractivity contribution in [2.24, 2.45) is 22.7 Å². The summed E-state index contributed by atoms with van der Waals surface area (Å²) in [4.78, 5) is 0. The van der Waals surface area contributed by atoms with E-state index in [1.165, 1.54) is 0 Å². The van der Waals surface area contributed by atoms with Crippen molar-refractivity contribution in [3.63, 3.8) is 0 Å². The van der Waals surface area contributed by atoms with Crippen LogP contribution < -0.4 is 0 Å². The van der Waals surface area contributed by atoms with E-state index in [4.69, 9.17) is 0 Å². The monoisotopic (exact) mass is 402 g/mol. The van der Waals surface area contributed by atoms with Gasteiger partial charge >= 0.3 is 12.4 Å². The molecule has 0 radical (unpaired) electrons. The molecule has 0 spiro atoms. The first-order valence-corrected chi connectivity index (χ1v) is 9.81. The topological polar surface area (TPSA) is 40.5 Å². The molecule has 3 rings (SSSR count). The molecule has 0 heterocycles. The second-order valence-corrected chi connectivity index (χ2v) is 9.27. The number of halogens is 6. The Balaban J connectivity index is 1.68. The van der Waals surface area contributed by atoms with E-state index >= 15 is 0 Å².